The number of hydrogen-bond donors (Lipinski definition) is 1. The molecule has 0 atom stereocenters. The zero-order valence-corrected chi connectivity index (χ0v) is 41.4. The maximum atomic E-state index is 14.9. The molecule has 0 aromatic rings. The highest BCUT2D eigenvalue weighted by atomic mass is 19.5. The van der Waals surface area contributed by atoms with Gasteiger partial charge in [-0.2, -0.15) is 224 Å². The van der Waals surface area contributed by atoms with E-state index < -0.39 is 232 Å². The molecule has 1 N–H and O–H groups in total. The standard InChI is InChI=1S/C38H27F51O/c39-15(40,18(45,46)21(51,52)24(57,58)27(63,64)30(69,70)33(75,76)36(81,82)83)9-5-1-3-7-14(13-90,11-12-17(43,44)20(49,50)23(55,56)26(61,62)29(67,68)32(73,74)35(79,80)38(87,88)89)8-4-2-6-10-16(41,42)19(47,48)22(53,54)25(59,60)28(65,66)31(71,72)34(77,78)37(84,85)86/h90H,1-13H2. The topological polar surface area (TPSA) is 20.2 Å². The van der Waals surface area contributed by atoms with Gasteiger partial charge < -0.3 is 5.11 Å². The van der Waals surface area contributed by atoms with Crippen LogP contribution in [0.3, 0.4) is 0 Å². The van der Waals surface area contributed by atoms with Crippen molar-refractivity contribution >= 4 is 0 Å². The Morgan fingerprint density at radius 2 is 0.289 bits per heavy atom. The summed E-state index contributed by atoms with van der Waals surface area (Å²) in [5, 5.41) is 9.91. The third kappa shape index (κ3) is 12.6. The van der Waals surface area contributed by atoms with Gasteiger partial charge in [0.1, 0.15) is 0 Å². The van der Waals surface area contributed by atoms with E-state index in [2.05, 4.69) is 0 Å². The Morgan fingerprint density at radius 3 is 0.456 bits per heavy atom. The predicted molar refractivity (Wildman–Crippen MR) is 187 cm³/mol. The first kappa shape index (κ1) is 86.4. The van der Waals surface area contributed by atoms with Crippen LogP contribution in [0.5, 0.6) is 0 Å². The summed E-state index contributed by atoms with van der Waals surface area (Å²) in [7, 11) is 0. The Morgan fingerprint density at radius 1 is 0.144 bits per heavy atom. The van der Waals surface area contributed by atoms with E-state index in [1.807, 2.05) is 0 Å². The SMILES string of the molecule is OCC(CCCCCC(F)(F)C(F)(F)C(F)(F)C(F)(F)C(F)(F)C(F)(F)C(F)(F)C(F)(F)F)(CCCCCC(F)(F)C(F)(F)C(F)(F)C(F)(F)C(F)(F)C(F)(F)C(F)(F)C(F)(F)F)CCC(F)(F)C(F)(F)C(F)(F)C(F)(F)C(F)(F)C(F)(F)C(F)(F)C(F)(F)F. The van der Waals surface area contributed by atoms with E-state index in [1.165, 1.54) is 0 Å². The fourth-order valence-corrected chi connectivity index (χ4v) is 7.14. The van der Waals surface area contributed by atoms with Crippen LogP contribution < -0.4 is 0 Å². The first-order valence-corrected chi connectivity index (χ1v) is 22.2. The summed E-state index contributed by atoms with van der Waals surface area (Å²) >= 11 is 0. The minimum absolute atomic E-state index is 1.79. The molecule has 0 saturated carbocycles. The maximum Gasteiger partial charge on any atom is 0.460 e. The molecule has 0 spiro atoms. The molecular formula is C38H27F51O. The van der Waals surface area contributed by atoms with E-state index in [0.717, 1.165) is 0 Å². The summed E-state index contributed by atoms with van der Waals surface area (Å²) in [5.74, 6) is -183. The van der Waals surface area contributed by atoms with Crippen LogP contribution in [-0.4, -0.2) is 155 Å². The predicted octanol–water partition coefficient (Wildman–Crippen LogP) is 20.7. The molecule has 0 aliphatic rings. The lowest BCUT2D eigenvalue weighted by Gasteiger charge is -2.43. The minimum atomic E-state index is -9.34. The van der Waals surface area contributed by atoms with Gasteiger partial charge >= 0.3 is 143 Å². The summed E-state index contributed by atoms with van der Waals surface area (Å²) in [6, 6.07) is 0. The highest BCUT2D eigenvalue weighted by molar-refractivity contribution is 5.18. The van der Waals surface area contributed by atoms with Crippen molar-refractivity contribution in [2.24, 2.45) is 5.41 Å². The summed E-state index contributed by atoms with van der Waals surface area (Å²) < 4.78 is 698. The van der Waals surface area contributed by atoms with E-state index in [1.54, 1.807) is 0 Å². The van der Waals surface area contributed by atoms with Crippen LogP contribution in [0.1, 0.15) is 77.0 Å². The molecule has 0 aliphatic carbocycles. The van der Waals surface area contributed by atoms with Gasteiger partial charge in [0.05, 0.1) is 0 Å². The highest BCUT2D eigenvalue weighted by Crippen LogP contribution is 2.69. The summed E-state index contributed by atoms with van der Waals surface area (Å²) in [6.07, 6.45) is -54.0. The molecule has 0 unspecified atom stereocenters. The van der Waals surface area contributed by atoms with Crippen LogP contribution in [-0.2, 0) is 0 Å². The van der Waals surface area contributed by atoms with Crippen molar-refractivity contribution in [3.05, 3.63) is 0 Å². The third-order valence-corrected chi connectivity index (χ3v) is 13.1. The van der Waals surface area contributed by atoms with Crippen LogP contribution in [0.25, 0.3) is 0 Å². The van der Waals surface area contributed by atoms with Crippen molar-refractivity contribution in [2.75, 3.05) is 6.61 Å². The summed E-state index contributed by atoms with van der Waals surface area (Å²) in [6.45, 7) is -2.46. The van der Waals surface area contributed by atoms with Gasteiger partial charge in [-0.15, -0.1) is 0 Å². The van der Waals surface area contributed by atoms with Crippen molar-refractivity contribution in [3.63, 3.8) is 0 Å². The second-order valence-electron chi connectivity index (χ2n) is 19.2. The third-order valence-electron chi connectivity index (χ3n) is 13.1. The lowest BCUT2D eigenvalue weighted by atomic mass is 9.73. The number of rotatable bonds is 34. The molecule has 0 rings (SSSR count). The molecule has 0 radical (unpaired) electrons. The van der Waals surface area contributed by atoms with Crippen LogP contribution in [0.4, 0.5) is 224 Å². The van der Waals surface area contributed by atoms with Crippen LogP contribution >= 0.6 is 0 Å². The van der Waals surface area contributed by atoms with Gasteiger partial charge in [-0.1, -0.05) is 25.7 Å². The van der Waals surface area contributed by atoms with Gasteiger partial charge in [0.15, 0.2) is 0 Å². The van der Waals surface area contributed by atoms with Gasteiger partial charge in [-0.25, -0.2) is 0 Å². The van der Waals surface area contributed by atoms with Crippen molar-refractivity contribution in [2.45, 2.75) is 220 Å². The second kappa shape index (κ2) is 23.9. The zero-order valence-electron chi connectivity index (χ0n) is 41.4. The molecule has 0 amide bonds. The molecule has 90 heavy (non-hydrogen) atoms. The molecule has 0 fully saturated rings. The maximum absolute atomic E-state index is 14.9. The highest BCUT2D eigenvalue weighted by Gasteiger charge is 2.98. The number of aliphatic hydroxyl groups is 1. The van der Waals surface area contributed by atoms with Crippen molar-refractivity contribution in [1.82, 2.24) is 0 Å². The monoisotopic (exact) mass is 1470 g/mol. The lowest BCUT2D eigenvalue weighted by Crippen LogP contribution is -2.74. The van der Waals surface area contributed by atoms with Crippen LogP contribution in [0.15, 0.2) is 0 Å². The van der Waals surface area contributed by atoms with E-state index in [4.69, 9.17) is 0 Å². The number of unbranched alkanes of at least 4 members (excludes halogenated alkanes) is 4. The quantitative estimate of drug-likeness (QED) is 0.0503. The average Bonchev–Trinajstić information content (AvgIpc) is 0.711. The lowest BCUT2D eigenvalue weighted by molar-refractivity contribution is -0.462. The van der Waals surface area contributed by atoms with E-state index >= 15 is 0 Å². The number of halogens is 51. The molecule has 0 aromatic carbocycles. The molecule has 0 aliphatic heterocycles. The number of aliphatic hydroxyl groups excluding tert-OH is 1. The van der Waals surface area contributed by atoms with Crippen molar-refractivity contribution in [3.8, 4) is 0 Å². The largest absolute Gasteiger partial charge is 0.460 e. The first-order chi connectivity index (χ1) is 38.4. The van der Waals surface area contributed by atoms with Crippen molar-refractivity contribution < 1.29 is 229 Å². The van der Waals surface area contributed by atoms with Gasteiger partial charge in [-0.3, -0.25) is 0 Å². The molecule has 542 valence electrons. The van der Waals surface area contributed by atoms with E-state index in [0.29, 0.717) is 0 Å². The van der Waals surface area contributed by atoms with Crippen LogP contribution in [0, 0.1) is 5.41 Å². The van der Waals surface area contributed by atoms with Crippen molar-refractivity contribution in [1.29, 1.82) is 0 Å². The number of hydrogen-bond acceptors (Lipinski definition) is 1. The van der Waals surface area contributed by atoms with E-state index in [9.17, 15) is 229 Å². The average molecular weight is 1470 g/mol. The fourth-order valence-electron chi connectivity index (χ4n) is 7.14. The second-order valence-corrected chi connectivity index (χ2v) is 19.2. The zero-order chi connectivity index (χ0) is 73.7. The summed E-state index contributed by atoms with van der Waals surface area (Å²) in [4.78, 5) is 0. The molecule has 0 aromatic heterocycles. The van der Waals surface area contributed by atoms with Crippen LogP contribution in [0.2, 0.25) is 0 Å². The fraction of sp³-hybridized carbons (Fsp3) is 1.00. The molecule has 1 nitrogen and oxygen atoms in total. The van der Waals surface area contributed by atoms with Gasteiger partial charge in [0, 0.05) is 25.9 Å². The Labute approximate surface area is 461 Å². The molecule has 0 heterocycles. The normalized spacial score (nSPS) is 16.8. The Hall–Kier alpha value is -3.61. The Kier molecular flexibility index (Phi) is 23.0. The summed E-state index contributed by atoms with van der Waals surface area (Å²) in [5.41, 5.74) is -3.54. The molecule has 52 heteroatoms. The Balaban J connectivity index is 7.49. The number of alkyl halides is 51. The van der Waals surface area contributed by atoms with E-state index in [-0.39, 0.29) is 0 Å². The van der Waals surface area contributed by atoms with Gasteiger partial charge in [0.2, 0.25) is 0 Å². The molecule has 0 bridgehead atoms. The smallest absolute Gasteiger partial charge is 0.396 e. The van der Waals surface area contributed by atoms with Gasteiger partial charge in [0.25, 0.3) is 0 Å². The molecule has 0 saturated heterocycles. The molecular weight excluding hydrogens is 1440 g/mol. The minimum Gasteiger partial charge on any atom is -0.396 e. The first-order valence-electron chi connectivity index (χ1n) is 22.2. The Bertz CT molecular complexity index is 2270. The van der Waals surface area contributed by atoms with Gasteiger partial charge in [-0.05, 0) is 37.5 Å².